The maximum atomic E-state index is 11.9. The van der Waals surface area contributed by atoms with Crippen LogP contribution in [0.2, 0.25) is 0 Å². The van der Waals surface area contributed by atoms with Gasteiger partial charge >= 0.3 is 0 Å². The fraction of sp³-hybridized carbons (Fsp3) is 0.615. The third-order valence-electron chi connectivity index (χ3n) is 3.05. The average Bonchev–Trinajstić information content (AvgIpc) is 2.45. The van der Waals surface area contributed by atoms with Crippen LogP contribution in [0, 0.1) is 0 Å². The summed E-state index contributed by atoms with van der Waals surface area (Å²) in [5.41, 5.74) is 0.444. The highest BCUT2D eigenvalue weighted by Gasteiger charge is 2.11. The van der Waals surface area contributed by atoms with E-state index in [1.165, 1.54) is 4.68 Å². The summed E-state index contributed by atoms with van der Waals surface area (Å²) in [5, 5.41) is 7.11. The van der Waals surface area contributed by atoms with Crippen LogP contribution in [0.4, 0.5) is 5.69 Å². The first-order valence-corrected chi connectivity index (χ1v) is 7.61. The van der Waals surface area contributed by atoms with E-state index in [4.69, 9.17) is 0 Å². The molecule has 20 heavy (non-hydrogen) atoms. The van der Waals surface area contributed by atoms with Crippen LogP contribution in [0.25, 0.3) is 0 Å². The Hall–Kier alpha value is -1.37. The molecule has 1 N–H and O–H groups in total. The van der Waals surface area contributed by atoms with E-state index in [1.807, 2.05) is 20.8 Å². The monoisotopic (exact) mass is 344 g/mol. The molecule has 6 nitrogen and oxygen atoms in total. The van der Waals surface area contributed by atoms with Gasteiger partial charge in [-0.3, -0.25) is 9.59 Å². The van der Waals surface area contributed by atoms with Gasteiger partial charge in [0.25, 0.3) is 5.56 Å². The molecule has 0 fully saturated rings. The van der Waals surface area contributed by atoms with E-state index >= 15 is 0 Å². The number of nitrogens with one attached hydrogen (secondary N) is 1. The second kappa shape index (κ2) is 8.04. The minimum Gasteiger partial charge on any atom is -0.382 e. The van der Waals surface area contributed by atoms with Crippen LogP contribution < -0.4 is 10.9 Å². The minimum atomic E-state index is -0.174. The van der Waals surface area contributed by atoms with Gasteiger partial charge in [-0.15, -0.1) is 0 Å². The number of aryl methyl sites for hydroxylation is 1. The van der Waals surface area contributed by atoms with Crippen LogP contribution in [0.5, 0.6) is 0 Å². The molecular weight excluding hydrogens is 324 g/mol. The van der Waals surface area contributed by atoms with Crippen LogP contribution in [-0.4, -0.2) is 40.2 Å². The molecule has 112 valence electrons. The number of hydrogen-bond donors (Lipinski definition) is 1. The van der Waals surface area contributed by atoms with E-state index < -0.39 is 0 Å². The van der Waals surface area contributed by atoms with Gasteiger partial charge in [0.15, 0.2) is 0 Å². The van der Waals surface area contributed by atoms with Crippen molar-refractivity contribution in [1.29, 1.82) is 0 Å². The van der Waals surface area contributed by atoms with E-state index in [9.17, 15) is 9.59 Å². The molecule has 0 bridgehead atoms. The zero-order chi connectivity index (χ0) is 15.1. The molecule has 1 aromatic heterocycles. The second-order valence-corrected chi connectivity index (χ2v) is 5.03. The number of amides is 1. The molecule has 0 unspecified atom stereocenters. The number of carbonyl (C=O) groups is 1. The molecule has 0 atom stereocenters. The first-order chi connectivity index (χ1) is 9.54. The van der Waals surface area contributed by atoms with Gasteiger partial charge in [0.05, 0.1) is 11.9 Å². The molecule has 1 amide bonds. The first-order valence-electron chi connectivity index (χ1n) is 6.82. The molecule has 0 spiro atoms. The Morgan fingerprint density at radius 3 is 2.60 bits per heavy atom. The highest BCUT2D eigenvalue weighted by molar-refractivity contribution is 9.10. The molecule has 0 saturated heterocycles. The number of rotatable bonds is 7. The molecular formula is C13H21BrN4O2. The Morgan fingerprint density at radius 1 is 1.40 bits per heavy atom. The topological polar surface area (TPSA) is 67.2 Å². The molecule has 1 heterocycles. The normalized spacial score (nSPS) is 10.4. The molecule has 0 saturated carbocycles. The minimum absolute atomic E-state index is 0.105. The zero-order valence-electron chi connectivity index (χ0n) is 12.1. The third-order valence-corrected chi connectivity index (χ3v) is 3.82. The van der Waals surface area contributed by atoms with Gasteiger partial charge in [-0.2, -0.15) is 5.10 Å². The summed E-state index contributed by atoms with van der Waals surface area (Å²) in [5.74, 6) is 0.105. The summed E-state index contributed by atoms with van der Waals surface area (Å²) >= 11 is 3.26. The number of aromatic nitrogens is 2. The van der Waals surface area contributed by atoms with Gasteiger partial charge in [-0.1, -0.05) is 0 Å². The quantitative estimate of drug-likeness (QED) is 0.817. The maximum absolute atomic E-state index is 11.9. The molecule has 7 heteroatoms. The van der Waals surface area contributed by atoms with Crippen LogP contribution in [0.15, 0.2) is 15.5 Å². The highest BCUT2D eigenvalue weighted by atomic mass is 79.9. The van der Waals surface area contributed by atoms with E-state index in [0.29, 0.717) is 42.8 Å². The van der Waals surface area contributed by atoms with E-state index in [-0.39, 0.29) is 11.5 Å². The van der Waals surface area contributed by atoms with Gasteiger partial charge in [-0.05, 0) is 36.7 Å². The number of anilines is 1. The number of carbonyl (C=O) groups excluding carboxylic acids is 1. The number of hydrogen-bond acceptors (Lipinski definition) is 4. The molecule has 0 aliphatic heterocycles. The highest BCUT2D eigenvalue weighted by Crippen LogP contribution is 2.15. The summed E-state index contributed by atoms with van der Waals surface area (Å²) in [6.07, 6.45) is 1.99. The fourth-order valence-corrected chi connectivity index (χ4v) is 2.30. The fourth-order valence-electron chi connectivity index (χ4n) is 1.85. The molecule has 0 aliphatic rings. The molecule has 1 rings (SSSR count). The van der Waals surface area contributed by atoms with Crippen molar-refractivity contribution in [2.75, 3.05) is 25.0 Å². The van der Waals surface area contributed by atoms with Crippen LogP contribution in [-0.2, 0) is 11.3 Å². The van der Waals surface area contributed by atoms with Crippen molar-refractivity contribution in [1.82, 2.24) is 14.7 Å². The lowest BCUT2D eigenvalue weighted by atomic mass is 10.3. The van der Waals surface area contributed by atoms with Crippen molar-refractivity contribution >= 4 is 27.5 Å². The Kier molecular flexibility index (Phi) is 6.70. The number of halogens is 1. The summed E-state index contributed by atoms with van der Waals surface area (Å²) < 4.78 is 1.82. The molecule has 0 radical (unpaired) electrons. The Labute approximate surface area is 127 Å². The maximum Gasteiger partial charge on any atom is 0.283 e. The van der Waals surface area contributed by atoms with Gasteiger partial charge in [0, 0.05) is 32.6 Å². The lowest BCUT2D eigenvalue weighted by Gasteiger charge is -2.18. The molecule has 0 aliphatic carbocycles. The smallest absolute Gasteiger partial charge is 0.283 e. The van der Waals surface area contributed by atoms with E-state index in [1.54, 1.807) is 11.1 Å². The second-order valence-electron chi connectivity index (χ2n) is 4.24. The Balaban J connectivity index is 2.61. The first kappa shape index (κ1) is 16.7. The van der Waals surface area contributed by atoms with Gasteiger partial charge in [-0.25, -0.2) is 4.68 Å². The Morgan fingerprint density at radius 2 is 2.05 bits per heavy atom. The van der Waals surface area contributed by atoms with E-state index in [0.717, 1.165) is 0 Å². The van der Waals surface area contributed by atoms with E-state index in [2.05, 4.69) is 26.3 Å². The summed E-state index contributed by atoms with van der Waals surface area (Å²) in [4.78, 5) is 25.5. The number of nitrogens with zero attached hydrogens (tertiary/aromatic N) is 3. The van der Waals surface area contributed by atoms with Crippen LogP contribution >= 0.6 is 15.9 Å². The summed E-state index contributed by atoms with van der Waals surface area (Å²) in [7, 11) is 0. The van der Waals surface area contributed by atoms with Crippen molar-refractivity contribution in [3.8, 4) is 0 Å². The summed E-state index contributed by atoms with van der Waals surface area (Å²) in [6, 6.07) is 0. The van der Waals surface area contributed by atoms with Crippen molar-refractivity contribution in [3.05, 3.63) is 21.0 Å². The third kappa shape index (κ3) is 4.06. The predicted octanol–water partition coefficient (Wildman–Crippen LogP) is 1.70. The predicted molar refractivity (Wildman–Crippen MR) is 82.9 cm³/mol. The molecule has 1 aromatic rings. The lowest BCUT2D eigenvalue weighted by Crippen LogP contribution is -2.31. The van der Waals surface area contributed by atoms with Crippen LogP contribution in [0.1, 0.15) is 27.2 Å². The van der Waals surface area contributed by atoms with Crippen molar-refractivity contribution in [2.45, 2.75) is 33.7 Å². The van der Waals surface area contributed by atoms with Gasteiger partial charge < -0.3 is 10.2 Å². The zero-order valence-corrected chi connectivity index (χ0v) is 13.7. The lowest BCUT2D eigenvalue weighted by molar-refractivity contribution is -0.130. The van der Waals surface area contributed by atoms with Crippen molar-refractivity contribution in [3.63, 3.8) is 0 Å². The largest absolute Gasteiger partial charge is 0.382 e. The summed E-state index contributed by atoms with van der Waals surface area (Å²) in [6.45, 7) is 8.21. The SMILES string of the molecule is CCN(CC)C(=O)CCNc1cnn(CC)c(=O)c1Br. The van der Waals surface area contributed by atoms with Gasteiger partial charge in [0.2, 0.25) is 5.91 Å². The van der Waals surface area contributed by atoms with Crippen molar-refractivity contribution < 1.29 is 4.79 Å². The standard InChI is InChI=1S/C13H21BrN4O2/c1-4-17(5-2)11(19)7-8-15-10-9-16-18(6-3)13(20)12(10)14/h9,15H,4-8H2,1-3H3. The van der Waals surface area contributed by atoms with Crippen LogP contribution in [0.3, 0.4) is 0 Å². The van der Waals surface area contributed by atoms with Crippen molar-refractivity contribution in [2.24, 2.45) is 0 Å². The van der Waals surface area contributed by atoms with Gasteiger partial charge in [0.1, 0.15) is 4.47 Å². The molecule has 0 aromatic carbocycles. The Bertz CT molecular complexity index is 512. The average molecular weight is 345 g/mol.